The van der Waals surface area contributed by atoms with Gasteiger partial charge in [-0.25, -0.2) is 0 Å². The third-order valence-corrected chi connectivity index (χ3v) is 5.82. The Bertz CT molecular complexity index is 1450. The summed E-state index contributed by atoms with van der Waals surface area (Å²) >= 11 is 0. The zero-order chi connectivity index (χ0) is 21.5. The average molecular weight is 408 g/mol. The molecule has 6 heteroatoms. The van der Waals surface area contributed by atoms with E-state index in [2.05, 4.69) is 21.4 Å². The van der Waals surface area contributed by atoms with E-state index in [-0.39, 0.29) is 5.91 Å². The van der Waals surface area contributed by atoms with Crippen molar-refractivity contribution in [2.45, 2.75) is 26.2 Å². The van der Waals surface area contributed by atoms with Crippen molar-refractivity contribution in [1.29, 1.82) is 5.26 Å². The van der Waals surface area contributed by atoms with Crippen molar-refractivity contribution in [2.75, 3.05) is 0 Å². The predicted molar refractivity (Wildman–Crippen MR) is 120 cm³/mol. The number of nitrogens with one attached hydrogen (secondary N) is 3. The number of nitrogens with zero attached hydrogens (tertiary/aromatic N) is 1. The van der Waals surface area contributed by atoms with Crippen LogP contribution in [0.15, 0.2) is 48.5 Å². The summed E-state index contributed by atoms with van der Waals surface area (Å²) in [7, 11) is 0. The van der Waals surface area contributed by atoms with Gasteiger partial charge in [0.15, 0.2) is 0 Å². The number of unbranched alkanes of at least 4 members (excludes halogenated alkanes) is 1. The molecule has 3 N–H and O–H groups in total. The Hall–Kier alpha value is -4.11. The van der Waals surface area contributed by atoms with Crippen LogP contribution in [0.5, 0.6) is 0 Å². The Labute approximate surface area is 178 Å². The standard InChI is InChI=1S/C25H20N4O2/c1-14-20(15-8-2-4-10-17(15)27-14)22-23(25(31)29-24(22)30)21-16-9-3-5-11-18(16)28-19(21)12-6-7-13-26/h2-5,8-11,27-28H,6-7,12H2,1H3,(H,29,30,31). The molecule has 0 unspecified atom stereocenters. The lowest BCUT2D eigenvalue weighted by atomic mass is 9.92. The SMILES string of the molecule is Cc1[nH]c2ccccc2c1C1=C(c2c(CCCC#N)[nH]c3ccccc23)C(=O)NC1=O. The van der Waals surface area contributed by atoms with Crippen LogP contribution in [0, 0.1) is 18.3 Å². The van der Waals surface area contributed by atoms with E-state index in [0.717, 1.165) is 44.3 Å². The molecule has 2 aromatic carbocycles. The highest BCUT2D eigenvalue weighted by Crippen LogP contribution is 2.40. The molecule has 4 aromatic rings. The van der Waals surface area contributed by atoms with Gasteiger partial charge in [-0.1, -0.05) is 36.4 Å². The lowest BCUT2D eigenvalue weighted by molar-refractivity contribution is -0.122. The quantitative estimate of drug-likeness (QED) is 0.337. The molecule has 0 radical (unpaired) electrons. The van der Waals surface area contributed by atoms with E-state index in [1.807, 2.05) is 55.5 Å². The summed E-state index contributed by atoms with van der Waals surface area (Å²) in [6, 6.07) is 17.7. The fourth-order valence-corrected chi connectivity index (χ4v) is 4.55. The number of aryl methyl sites for hydroxylation is 2. The molecule has 0 atom stereocenters. The Balaban J connectivity index is 1.83. The molecule has 0 fully saturated rings. The summed E-state index contributed by atoms with van der Waals surface area (Å²) in [5.41, 5.74) is 5.81. The van der Waals surface area contributed by atoms with Crippen LogP contribution in [-0.4, -0.2) is 21.8 Å². The first-order valence-corrected chi connectivity index (χ1v) is 10.2. The molecule has 0 saturated heterocycles. The van der Waals surface area contributed by atoms with Gasteiger partial charge in [0.25, 0.3) is 11.8 Å². The van der Waals surface area contributed by atoms with Crippen molar-refractivity contribution >= 4 is 44.8 Å². The van der Waals surface area contributed by atoms with Crippen LogP contribution in [-0.2, 0) is 16.0 Å². The number of carbonyl (C=O) groups excluding carboxylic acids is 2. The number of H-pyrrole nitrogens is 2. The van der Waals surface area contributed by atoms with E-state index >= 15 is 0 Å². The van der Waals surface area contributed by atoms with Gasteiger partial charge in [0.2, 0.25) is 0 Å². The number of imide groups is 1. The average Bonchev–Trinajstić information content (AvgIpc) is 3.37. The number of aromatic nitrogens is 2. The zero-order valence-electron chi connectivity index (χ0n) is 17.0. The van der Waals surface area contributed by atoms with E-state index in [0.29, 0.717) is 30.4 Å². The summed E-state index contributed by atoms with van der Waals surface area (Å²) in [5, 5.41) is 13.3. The van der Waals surface area contributed by atoms with Crippen LogP contribution in [0.4, 0.5) is 0 Å². The van der Waals surface area contributed by atoms with Gasteiger partial charge in [-0.3, -0.25) is 14.9 Å². The number of benzene rings is 2. The molecule has 5 rings (SSSR count). The van der Waals surface area contributed by atoms with Crippen molar-refractivity contribution in [2.24, 2.45) is 0 Å². The first-order chi connectivity index (χ1) is 15.1. The fourth-order valence-electron chi connectivity index (χ4n) is 4.55. The summed E-state index contributed by atoms with van der Waals surface area (Å²) in [4.78, 5) is 32.9. The number of carbonyl (C=O) groups is 2. The lowest BCUT2D eigenvalue weighted by Crippen LogP contribution is -2.23. The maximum absolute atomic E-state index is 13.1. The molecule has 3 heterocycles. The molecule has 1 aliphatic heterocycles. The van der Waals surface area contributed by atoms with Gasteiger partial charge in [0.05, 0.1) is 17.2 Å². The fraction of sp³-hybridized carbons (Fsp3) is 0.160. The third kappa shape index (κ3) is 2.94. The van der Waals surface area contributed by atoms with Gasteiger partial charge in [-0.05, 0) is 31.9 Å². The van der Waals surface area contributed by atoms with Crippen LogP contribution < -0.4 is 5.32 Å². The smallest absolute Gasteiger partial charge is 0.259 e. The van der Waals surface area contributed by atoms with Crippen molar-refractivity contribution in [1.82, 2.24) is 15.3 Å². The third-order valence-electron chi connectivity index (χ3n) is 5.82. The lowest BCUT2D eigenvalue weighted by Gasteiger charge is -2.08. The van der Waals surface area contributed by atoms with Gasteiger partial charge in [-0.15, -0.1) is 0 Å². The largest absolute Gasteiger partial charge is 0.358 e. The maximum atomic E-state index is 13.1. The van der Waals surface area contributed by atoms with E-state index in [4.69, 9.17) is 5.26 Å². The summed E-state index contributed by atoms with van der Waals surface area (Å²) in [6.07, 6.45) is 1.71. The Morgan fingerprint density at radius 2 is 1.42 bits per heavy atom. The topological polar surface area (TPSA) is 102 Å². The van der Waals surface area contributed by atoms with Crippen LogP contribution in [0.3, 0.4) is 0 Å². The first kappa shape index (κ1) is 18.9. The monoisotopic (exact) mass is 408 g/mol. The first-order valence-electron chi connectivity index (χ1n) is 10.2. The van der Waals surface area contributed by atoms with Crippen molar-refractivity contribution < 1.29 is 9.59 Å². The van der Waals surface area contributed by atoms with Gasteiger partial charge in [0, 0.05) is 50.7 Å². The molecule has 0 bridgehead atoms. The van der Waals surface area contributed by atoms with Crippen LogP contribution in [0.25, 0.3) is 33.0 Å². The van der Waals surface area contributed by atoms with Gasteiger partial charge in [0.1, 0.15) is 0 Å². The second-order valence-electron chi connectivity index (χ2n) is 7.74. The van der Waals surface area contributed by atoms with E-state index in [9.17, 15) is 9.59 Å². The second-order valence-corrected chi connectivity index (χ2v) is 7.74. The molecule has 6 nitrogen and oxygen atoms in total. The van der Waals surface area contributed by atoms with E-state index in [1.165, 1.54) is 0 Å². The number of aromatic amines is 2. The second kappa shape index (κ2) is 7.29. The molecule has 0 aliphatic carbocycles. The zero-order valence-corrected chi connectivity index (χ0v) is 17.0. The minimum atomic E-state index is -0.393. The van der Waals surface area contributed by atoms with Crippen LogP contribution in [0.1, 0.15) is 35.4 Å². The molecule has 1 aliphatic rings. The number of para-hydroxylation sites is 2. The van der Waals surface area contributed by atoms with Gasteiger partial charge >= 0.3 is 0 Å². The summed E-state index contributed by atoms with van der Waals surface area (Å²) in [5.74, 6) is -0.780. The summed E-state index contributed by atoms with van der Waals surface area (Å²) in [6.45, 7) is 1.92. The van der Waals surface area contributed by atoms with E-state index in [1.54, 1.807) is 0 Å². The number of rotatable bonds is 5. The molecule has 152 valence electrons. The number of hydrogen-bond donors (Lipinski definition) is 3. The minimum Gasteiger partial charge on any atom is -0.358 e. The molecule has 31 heavy (non-hydrogen) atoms. The van der Waals surface area contributed by atoms with Crippen molar-refractivity contribution in [3.63, 3.8) is 0 Å². The van der Waals surface area contributed by atoms with Crippen molar-refractivity contribution in [3.8, 4) is 6.07 Å². The van der Waals surface area contributed by atoms with Crippen LogP contribution in [0.2, 0.25) is 0 Å². The maximum Gasteiger partial charge on any atom is 0.259 e. The molecule has 2 amide bonds. The normalized spacial score (nSPS) is 13.9. The molecule has 0 saturated carbocycles. The molecular weight excluding hydrogens is 388 g/mol. The Kier molecular flexibility index (Phi) is 4.45. The number of amides is 2. The number of fused-ring (bicyclic) bond motifs is 2. The summed E-state index contributed by atoms with van der Waals surface area (Å²) < 4.78 is 0. The van der Waals surface area contributed by atoms with Crippen LogP contribution >= 0.6 is 0 Å². The van der Waals surface area contributed by atoms with Gasteiger partial charge in [-0.2, -0.15) is 5.26 Å². The molecule has 2 aromatic heterocycles. The predicted octanol–water partition coefficient (Wildman–Crippen LogP) is 4.37. The highest BCUT2D eigenvalue weighted by Gasteiger charge is 2.36. The molecular formula is C25H20N4O2. The van der Waals surface area contributed by atoms with Crippen molar-refractivity contribution in [3.05, 3.63) is 71.0 Å². The Morgan fingerprint density at radius 1 is 0.839 bits per heavy atom. The number of hydrogen-bond acceptors (Lipinski definition) is 3. The Morgan fingerprint density at radius 3 is 2.10 bits per heavy atom. The van der Waals surface area contributed by atoms with Gasteiger partial charge < -0.3 is 9.97 Å². The highest BCUT2D eigenvalue weighted by atomic mass is 16.2. The number of nitriles is 1. The minimum absolute atomic E-state index is 0.388. The molecule has 0 spiro atoms. The van der Waals surface area contributed by atoms with E-state index < -0.39 is 5.91 Å². The highest BCUT2D eigenvalue weighted by molar-refractivity contribution is 6.51.